The van der Waals surface area contributed by atoms with Crippen LogP contribution in [-0.2, 0) is 29.6 Å². The molecule has 11 heteroatoms. The molecule has 2 N–H and O–H groups in total. The van der Waals surface area contributed by atoms with Crippen LogP contribution in [0.5, 0.6) is 0 Å². The van der Waals surface area contributed by atoms with Gasteiger partial charge in [-0.1, -0.05) is 25.1 Å². The maximum Gasteiger partial charge on any atom is 0.243 e. The van der Waals surface area contributed by atoms with Crippen LogP contribution >= 0.6 is 0 Å². The summed E-state index contributed by atoms with van der Waals surface area (Å²) in [6, 6.07) is 13.5. The van der Waals surface area contributed by atoms with E-state index in [9.17, 15) is 21.6 Å². The fourth-order valence-corrected chi connectivity index (χ4v) is 6.26. The van der Waals surface area contributed by atoms with Crippen LogP contribution in [0.25, 0.3) is 0 Å². The molecule has 0 unspecified atom stereocenters. The molecule has 1 amide bonds. The minimum Gasteiger partial charge on any atom is -0.377 e. The third-order valence-corrected chi connectivity index (χ3v) is 8.98. The largest absolute Gasteiger partial charge is 0.377 e. The van der Waals surface area contributed by atoms with Gasteiger partial charge >= 0.3 is 0 Å². The molecule has 2 atom stereocenters. The van der Waals surface area contributed by atoms with Gasteiger partial charge in [-0.25, -0.2) is 21.6 Å². The highest BCUT2D eigenvalue weighted by atomic mass is 32.2. The highest BCUT2D eigenvalue weighted by molar-refractivity contribution is 7.89. The molecule has 1 heterocycles. The quantitative estimate of drug-likeness (QED) is 0.480. The van der Waals surface area contributed by atoms with Gasteiger partial charge in [-0.15, -0.1) is 0 Å². The predicted molar refractivity (Wildman–Crippen MR) is 129 cm³/mol. The van der Waals surface area contributed by atoms with Crippen molar-refractivity contribution in [2.45, 2.75) is 55.0 Å². The Morgan fingerprint density at radius 2 is 1.71 bits per heavy atom. The monoisotopic (exact) mass is 509 g/mol. The molecular formula is C23H31N3O6S2. The van der Waals surface area contributed by atoms with E-state index >= 15 is 0 Å². The lowest BCUT2D eigenvalue weighted by Crippen LogP contribution is -2.42. The fraction of sp³-hybridized carbons (Fsp3) is 0.435. The second-order valence-corrected chi connectivity index (χ2v) is 11.9. The molecule has 186 valence electrons. The van der Waals surface area contributed by atoms with Gasteiger partial charge in [0.1, 0.15) is 0 Å². The number of amides is 1. The average Bonchev–Trinajstić information content (AvgIpc) is 3.32. The number of nitrogens with one attached hydrogen (secondary N) is 2. The van der Waals surface area contributed by atoms with E-state index in [1.807, 2.05) is 13.0 Å². The smallest absolute Gasteiger partial charge is 0.243 e. The lowest BCUT2D eigenvalue weighted by Gasteiger charge is -2.24. The maximum atomic E-state index is 13.4. The van der Waals surface area contributed by atoms with E-state index in [1.54, 1.807) is 31.2 Å². The minimum atomic E-state index is -4.09. The molecule has 9 nitrogen and oxygen atoms in total. The summed E-state index contributed by atoms with van der Waals surface area (Å²) in [5.41, 5.74) is 0.560. The van der Waals surface area contributed by atoms with Gasteiger partial charge in [0.25, 0.3) is 0 Å². The second kappa shape index (κ2) is 11.4. The number of ether oxygens (including phenoxy) is 1. The number of carbonyl (C=O) groups excluding carboxylic acids is 1. The fourth-order valence-electron chi connectivity index (χ4n) is 3.50. The zero-order valence-electron chi connectivity index (χ0n) is 19.3. The van der Waals surface area contributed by atoms with Crippen LogP contribution in [0, 0.1) is 0 Å². The Labute approximate surface area is 201 Å². The van der Waals surface area contributed by atoms with Gasteiger partial charge in [0.2, 0.25) is 26.0 Å². The first-order chi connectivity index (χ1) is 16.1. The van der Waals surface area contributed by atoms with Crippen molar-refractivity contribution in [3.63, 3.8) is 0 Å². The number of nitrogens with zero attached hydrogens (tertiary/aromatic N) is 1. The van der Waals surface area contributed by atoms with Gasteiger partial charge in [0.05, 0.1) is 22.4 Å². The van der Waals surface area contributed by atoms with Crippen LogP contribution < -0.4 is 10.0 Å². The summed E-state index contributed by atoms with van der Waals surface area (Å²) in [6.45, 7) is 3.79. The summed E-state index contributed by atoms with van der Waals surface area (Å²) in [6.07, 6.45) is 1.84. The van der Waals surface area contributed by atoms with Gasteiger partial charge in [-0.05, 0) is 62.6 Å². The lowest BCUT2D eigenvalue weighted by atomic mass is 10.2. The third-order valence-electron chi connectivity index (χ3n) is 5.55. The van der Waals surface area contributed by atoms with Crippen LogP contribution in [0.2, 0.25) is 0 Å². The van der Waals surface area contributed by atoms with Crippen molar-refractivity contribution >= 4 is 31.6 Å². The number of anilines is 1. The molecule has 0 bridgehead atoms. The molecule has 2 aromatic carbocycles. The summed E-state index contributed by atoms with van der Waals surface area (Å²) in [5, 5.41) is 2.70. The Balaban J connectivity index is 1.81. The molecule has 1 aliphatic heterocycles. The zero-order chi connectivity index (χ0) is 24.8. The lowest BCUT2D eigenvalue weighted by molar-refractivity contribution is -0.116. The van der Waals surface area contributed by atoms with Gasteiger partial charge in [0.15, 0.2) is 0 Å². The van der Waals surface area contributed by atoms with E-state index in [0.717, 1.165) is 10.7 Å². The minimum absolute atomic E-state index is 0.0279. The SMILES string of the molecule is CC[C@@H](C)NS(=O)(=O)c1ccc(S(=O)(=O)N(CC(=O)Nc2ccccc2)C[C@H]2CCCO2)cc1. The summed E-state index contributed by atoms with van der Waals surface area (Å²) in [4.78, 5) is 12.5. The first-order valence-electron chi connectivity index (χ1n) is 11.2. The van der Waals surface area contributed by atoms with Crippen LogP contribution in [0.1, 0.15) is 33.1 Å². The van der Waals surface area contributed by atoms with E-state index < -0.39 is 32.5 Å². The molecule has 1 fully saturated rings. The zero-order valence-corrected chi connectivity index (χ0v) is 20.9. The molecule has 0 saturated carbocycles. The molecule has 0 aliphatic carbocycles. The Morgan fingerprint density at radius 1 is 1.06 bits per heavy atom. The number of hydrogen-bond donors (Lipinski definition) is 2. The normalized spacial score (nSPS) is 17.6. The number of carbonyl (C=O) groups is 1. The average molecular weight is 510 g/mol. The summed E-state index contributed by atoms with van der Waals surface area (Å²) >= 11 is 0. The van der Waals surface area contributed by atoms with E-state index in [2.05, 4.69) is 10.0 Å². The molecule has 2 aromatic rings. The van der Waals surface area contributed by atoms with E-state index in [1.165, 1.54) is 24.3 Å². The van der Waals surface area contributed by atoms with Crippen LogP contribution in [0.15, 0.2) is 64.4 Å². The number of rotatable bonds is 11. The molecule has 0 radical (unpaired) electrons. The molecule has 34 heavy (non-hydrogen) atoms. The van der Waals surface area contributed by atoms with E-state index in [-0.39, 0.29) is 28.5 Å². The standard InChI is InChI=1S/C23H31N3O6S2/c1-3-18(2)25-33(28,29)21-11-13-22(14-12-21)34(30,31)26(16-20-10-7-15-32-20)17-23(27)24-19-8-5-4-6-9-19/h4-6,8-9,11-14,18,20,25H,3,7,10,15-17H2,1-2H3,(H,24,27)/t18-,20-/m1/s1. The predicted octanol–water partition coefficient (Wildman–Crippen LogP) is 2.57. The van der Waals surface area contributed by atoms with Crippen molar-refractivity contribution in [3.8, 4) is 0 Å². The molecular weight excluding hydrogens is 478 g/mol. The number of benzene rings is 2. The molecule has 3 rings (SSSR count). The number of para-hydroxylation sites is 1. The number of sulfonamides is 2. The van der Waals surface area contributed by atoms with Crippen molar-refractivity contribution in [1.82, 2.24) is 9.03 Å². The molecule has 0 aromatic heterocycles. The highest BCUT2D eigenvalue weighted by Gasteiger charge is 2.31. The Kier molecular flexibility index (Phi) is 8.83. The van der Waals surface area contributed by atoms with Gasteiger partial charge in [-0.3, -0.25) is 4.79 Å². The van der Waals surface area contributed by atoms with Crippen molar-refractivity contribution < 1.29 is 26.4 Å². The second-order valence-electron chi connectivity index (χ2n) is 8.25. The summed E-state index contributed by atoms with van der Waals surface area (Å²) < 4.78 is 61.1. The summed E-state index contributed by atoms with van der Waals surface area (Å²) in [5.74, 6) is -0.482. The van der Waals surface area contributed by atoms with Crippen LogP contribution in [-0.4, -0.2) is 58.9 Å². The van der Waals surface area contributed by atoms with Crippen molar-refractivity contribution in [2.75, 3.05) is 25.0 Å². The van der Waals surface area contributed by atoms with Gasteiger partial charge in [0, 0.05) is 24.9 Å². The Hall–Kier alpha value is -2.31. The van der Waals surface area contributed by atoms with Gasteiger partial charge in [-0.2, -0.15) is 4.31 Å². The van der Waals surface area contributed by atoms with Crippen molar-refractivity contribution in [1.29, 1.82) is 0 Å². The van der Waals surface area contributed by atoms with E-state index in [4.69, 9.17) is 4.74 Å². The van der Waals surface area contributed by atoms with Crippen LogP contribution in [0.4, 0.5) is 5.69 Å². The molecule has 0 spiro atoms. The van der Waals surface area contributed by atoms with Crippen molar-refractivity contribution in [2.24, 2.45) is 0 Å². The first-order valence-corrected chi connectivity index (χ1v) is 14.1. The maximum absolute atomic E-state index is 13.4. The Bertz CT molecular complexity index is 1160. The third kappa shape index (κ3) is 6.86. The highest BCUT2D eigenvalue weighted by Crippen LogP contribution is 2.22. The van der Waals surface area contributed by atoms with Crippen LogP contribution in [0.3, 0.4) is 0 Å². The summed E-state index contributed by atoms with van der Waals surface area (Å²) in [7, 11) is -7.86. The van der Waals surface area contributed by atoms with Gasteiger partial charge < -0.3 is 10.1 Å². The molecule has 1 aliphatic rings. The van der Waals surface area contributed by atoms with E-state index in [0.29, 0.717) is 25.1 Å². The molecule has 1 saturated heterocycles. The first kappa shape index (κ1) is 26.3. The topological polar surface area (TPSA) is 122 Å². The Morgan fingerprint density at radius 3 is 2.29 bits per heavy atom. The number of hydrogen-bond acceptors (Lipinski definition) is 6. The van der Waals surface area contributed by atoms with Crippen molar-refractivity contribution in [3.05, 3.63) is 54.6 Å².